The number of carbonyl (C=O) groups is 2. The Labute approximate surface area is 85.8 Å². The maximum atomic E-state index is 11.2. The number of nitrogens with zero attached hydrogens (tertiary/aromatic N) is 1. The SMILES string of the molecule is O=C(O)/C=C/C(=O)N(O)c1ccccc1. The van der Waals surface area contributed by atoms with Crippen LogP contribution in [0, 0.1) is 0 Å². The van der Waals surface area contributed by atoms with Crippen molar-refractivity contribution in [3.8, 4) is 0 Å². The molecule has 5 nitrogen and oxygen atoms in total. The molecule has 0 atom stereocenters. The van der Waals surface area contributed by atoms with Crippen molar-refractivity contribution in [2.24, 2.45) is 0 Å². The van der Waals surface area contributed by atoms with E-state index in [-0.39, 0.29) is 5.69 Å². The first-order chi connectivity index (χ1) is 7.11. The smallest absolute Gasteiger partial charge is 0.328 e. The van der Waals surface area contributed by atoms with Crippen LogP contribution >= 0.6 is 0 Å². The number of benzene rings is 1. The molecule has 1 aromatic carbocycles. The van der Waals surface area contributed by atoms with Crippen molar-refractivity contribution in [2.45, 2.75) is 0 Å². The minimum Gasteiger partial charge on any atom is -0.478 e. The molecule has 0 aromatic heterocycles. The summed E-state index contributed by atoms with van der Waals surface area (Å²) in [5.74, 6) is -2.06. The summed E-state index contributed by atoms with van der Waals surface area (Å²) < 4.78 is 0. The molecule has 0 unspecified atom stereocenters. The van der Waals surface area contributed by atoms with Crippen LogP contribution in [0.4, 0.5) is 5.69 Å². The zero-order chi connectivity index (χ0) is 11.3. The fourth-order valence-corrected chi connectivity index (χ4v) is 0.910. The number of hydrogen-bond acceptors (Lipinski definition) is 3. The van der Waals surface area contributed by atoms with Crippen molar-refractivity contribution in [1.82, 2.24) is 0 Å². The number of carbonyl (C=O) groups excluding carboxylic acids is 1. The Bertz CT molecular complexity index is 386. The highest BCUT2D eigenvalue weighted by Crippen LogP contribution is 2.10. The third-order valence-electron chi connectivity index (χ3n) is 1.58. The number of rotatable bonds is 3. The number of hydrogen-bond donors (Lipinski definition) is 2. The first kappa shape index (κ1) is 10.9. The van der Waals surface area contributed by atoms with Crippen LogP contribution in [0.3, 0.4) is 0 Å². The first-order valence-corrected chi connectivity index (χ1v) is 4.10. The van der Waals surface area contributed by atoms with Gasteiger partial charge in [-0.05, 0) is 12.1 Å². The fraction of sp³-hybridized carbons (Fsp3) is 0. The lowest BCUT2D eigenvalue weighted by atomic mass is 10.3. The Morgan fingerprint density at radius 3 is 2.27 bits per heavy atom. The van der Waals surface area contributed by atoms with Gasteiger partial charge in [-0.3, -0.25) is 10.0 Å². The predicted molar refractivity (Wildman–Crippen MR) is 52.5 cm³/mol. The summed E-state index contributed by atoms with van der Waals surface area (Å²) in [5, 5.41) is 18.0. The third kappa shape index (κ3) is 3.24. The van der Waals surface area contributed by atoms with Crippen molar-refractivity contribution < 1.29 is 19.9 Å². The first-order valence-electron chi connectivity index (χ1n) is 4.10. The second kappa shape index (κ2) is 4.92. The van der Waals surface area contributed by atoms with Crippen molar-refractivity contribution in [3.63, 3.8) is 0 Å². The van der Waals surface area contributed by atoms with Gasteiger partial charge in [-0.25, -0.2) is 4.79 Å². The average Bonchev–Trinajstić information content (AvgIpc) is 2.26. The van der Waals surface area contributed by atoms with Gasteiger partial charge in [-0.15, -0.1) is 0 Å². The van der Waals surface area contributed by atoms with Gasteiger partial charge in [0.1, 0.15) is 0 Å². The van der Waals surface area contributed by atoms with Crippen molar-refractivity contribution in [2.75, 3.05) is 5.06 Å². The highest BCUT2D eigenvalue weighted by molar-refractivity contribution is 6.02. The van der Waals surface area contributed by atoms with Gasteiger partial charge in [0.05, 0.1) is 5.69 Å². The highest BCUT2D eigenvalue weighted by atomic mass is 16.5. The molecule has 0 aliphatic heterocycles. The maximum Gasteiger partial charge on any atom is 0.328 e. The van der Waals surface area contributed by atoms with Gasteiger partial charge in [-0.1, -0.05) is 18.2 Å². The standard InChI is InChI=1S/C10H9NO4/c12-9(6-7-10(13)14)11(15)8-4-2-1-3-5-8/h1-7,15H,(H,13,14)/b7-6+. The second-order valence-corrected chi connectivity index (χ2v) is 2.66. The summed E-state index contributed by atoms with van der Waals surface area (Å²) in [7, 11) is 0. The van der Waals surface area contributed by atoms with Gasteiger partial charge in [0.2, 0.25) is 0 Å². The molecule has 0 aliphatic rings. The molecule has 0 heterocycles. The van der Waals surface area contributed by atoms with E-state index in [0.717, 1.165) is 6.08 Å². The van der Waals surface area contributed by atoms with E-state index >= 15 is 0 Å². The Hall–Kier alpha value is -2.14. The maximum absolute atomic E-state index is 11.2. The number of carboxylic acids is 1. The molecular formula is C10H9NO4. The molecule has 15 heavy (non-hydrogen) atoms. The van der Waals surface area contributed by atoms with Gasteiger partial charge in [0.25, 0.3) is 5.91 Å². The van der Waals surface area contributed by atoms with Gasteiger partial charge in [0, 0.05) is 12.2 Å². The molecule has 0 saturated carbocycles. The lowest BCUT2D eigenvalue weighted by Gasteiger charge is -2.11. The van der Waals surface area contributed by atoms with Crippen LogP contribution in [-0.2, 0) is 9.59 Å². The molecule has 0 radical (unpaired) electrons. The van der Waals surface area contributed by atoms with E-state index in [1.165, 1.54) is 12.1 Å². The summed E-state index contributed by atoms with van der Waals surface area (Å²) in [5.41, 5.74) is 0.275. The third-order valence-corrected chi connectivity index (χ3v) is 1.58. The summed E-state index contributed by atoms with van der Waals surface area (Å²) in [6.07, 6.45) is 1.43. The van der Waals surface area contributed by atoms with Crippen molar-refractivity contribution in [1.29, 1.82) is 0 Å². The number of anilines is 1. The average molecular weight is 207 g/mol. The highest BCUT2D eigenvalue weighted by Gasteiger charge is 2.09. The molecule has 0 saturated heterocycles. The Morgan fingerprint density at radius 1 is 1.13 bits per heavy atom. The Kier molecular flexibility index (Phi) is 3.59. The number of para-hydroxylation sites is 1. The molecular weight excluding hydrogens is 198 g/mol. The van der Waals surface area contributed by atoms with Crippen LogP contribution in [0.1, 0.15) is 0 Å². The van der Waals surface area contributed by atoms with E-state index in [9.17, 15) is 14.8 Å². The minimum atomic E-state index is -1.25. The summed E-state index contributed by atoms with van der Waals surface area (Å²) in [6, 6.07) is 8.06. The summed E-state index contributed by atoms with van der Waals surface area (Å²) >= 11 is 0. The lowest BCUT2D eigenvalue weighted by Crippen LogP contribution is -2.24. The van der Waals surface area contributed by atoms with E-state index in [2.05, 4.69) is 0 Å². The van der Waals surface area contributed by atoms with E-state index < -0.39 is 11.9 Å². The van der Waals surface area contributed by atoms with Crippen molar-refractivity contribution in [3.05, 3.63) is 42.5 Å². The number of aliphatic carboxylic acids is 1. The molecule has 0 spiro atoms. The topological polar surface area (TPSA) is 77.8 Å². The van der Waals surface area contributed by atoms with Crippen LogP contribution in [-0.4, -0.2) is 22.2 Å². The van der Waals surface area contributed by atoms with Gasteiger partial charge in [0.15, 0.2) is 0 Å². The fourth-order valence-electron chi connectivity index (χ4n) is 0.910. The molecule has 0 fully saturated rings. The van der Waals surface area contributed by atoms with Crippen LogP contribution < -0.4 is 5.06 Å². The van der Waals surface area contributed by atoms with Crippen LogP contribution in [0.2, 0.25) is 0 Å². The molecule has 0 bridgehead atoms. The molecule has 0 aliphatic carbocycles. The predicted octanol–water partition coefficient (Wildman–Crippen LogP) is 1.05. The molecule has 5 heteroatoms. The summed E-state index contributed by atoms with van der Waals surface area (Å²) in [6.45, 7) is 0. The van der Waals surface area contributed by atoms with Crippen molar-refractivity contribution >= 4 is 17.6 Å². The number of amides is 1. The second-order valence-electron chi connectivity index (χ2n) is 2.66. The Morgan fingerprint density at radius 2 is 1.73 bits per heavy atom. The molecule has 2 N–H and O–H groups in total. The Balaban J connectivity index is 2.74. The van der Waals surface area contributed by atoms with Crippen LogP contribution in [0.5, 0.6) is 0 Å². The van der Waals surface area contributed by atoms with Gasteiger partial charge >= 0.3 is 5.97 Å². The molecule has 1 amide bonds. The largest absolute Gasteiger partial charge is 0.478 e. The van der Waals surface area contributed by atoms with E-state index in [4.69, 9.17) is 5.11 Å². The summed E-state index contributed by atoms with van der Waals surface area (Å²) in [4.78, 5) is 21.3. The molecule has 1 rings (SSSR count). The molecule has 78 valence electrons. The van der Waals surface area contributed by atoms with Crippen LogP contribution in [0.25, 0.3) is 0 Å². The van der Waals surface area contributed by atoms with Gasteiger partial charge < -0.3 is 5.11 Å². The number of hydroxylamine groups is 1. The monoisotopic (exact) mass is 207 g/mol. The van der Waals surface area contributed by atoms with E-state index in [0.29, 0.717) is 11.1 Å². The zero-order valence-corrected chi connectivity index (χ0v) is 7.70. The van der Waals surface area contributed by atoms with E-state index in [1.807, 2.05) is 0 Å². The minimum absolute atomic E-state index is 0.275. The van der Waals surface area contributed by atoms with Gasteiger partial charge in [-0.2, -0.15) is 5.06 Å². The van der Waals surface area contributed by atoms with E-state index in [1.54, 1.807) is 18.2 Å². The normalized spacial score (nSPS) is 10.2. The lowest BCUT2D eigenvalue weighted by molar-refractivity contribution is -0.131. The van der Waals surface area contributed by atoms with Crippen LogP contribution in [0.15, 0.2) is 42.5 Å². The number of carboxylic acid groups (broad SMARTS) is 1. The zero-order valence-electron chi connectivity index (χ0n) is 7.70. The molecule has 1 aromatic rings. The quantitative estimate of drug-likeness (QED) is 0.441.